The highest BCUT2D eigenvalue weighted by molar-refractivity contribution is 14.1. The lowest BCUT2D eigenvalue weighted by Crippen LogP contribution is -2.07. The Morgan fingerprint density at radius 1 is 0.900 bits per heavy atom. The second-order valence-corrected chi connectivity index (χ2v) is 5.43. The highest BCUT2D eigenvalue weighted by atomic mass is 127. The van der Waals surface area contributed by atoms with E-state index < -0.39 is 0 Å². The molecule has 0 atom stereocenters. The smallest absolute Gasteiger partial charge is 0.206 e. The average molecular weight is 374 g/mol. The van der Waals surface area contributed by atoms with Gasteiger partial charge in [-0.3, -0.25) is 4.79 Å². The van der Waals surface area contributed by atoms with Gasteiger partial charge >= 0.3 is 0 Å². The molecule has 0 aliphatic carbocycles. The summed E-state index contributed by atoms with van der Waals surface area (Å²) in [5.41, 5.74) is 1.70. The molecule has 0 fully saturated rings. The summed E-state index contributed by atoms with van der Waals surface area (Å²) < 4.78 is 6.41. The van der Waals surface area contributed by atoms with Gasteiger partial charge in [-0.15, -0.1) is 0 Å². The number of halogens is 1. The molecule has 3 heteroatoms. The highest BCUT2D eigenvalue weighted by Crippen LogP contribution is 2.19. The van der Waals surface area contributed by atoms with Crippen molar-refractivity contribution in [2.24, 2.45) is 0 Å². The van der Waals surface area contributed by atoms with E-state index in [0.717, 1.165) is 5.56 Å². The first-order chi connectivity index (χ1) is 9.75. The second-order valence-electron chi connectivity index (χ2n) is 4.35. The van der Waals surface area contributed by atoms with Crippen molar-refractivity contribution in [1.29, 1.82) is 0 Å². The normalized spacial score (nSPS) is 11.2. The van der Waals surface area contributed by atoms with Crippen molar-refractivity contribution in [1.82, 2.24) is 0 Å². The molecule has 0 radical (unpaired) electrons. The van der Waals surface area contributed by atoms with E-state index in [1.807, 2.05) is 83.3 Å². The summed E-state index contributed by atoms with van der Waals surface area (Å²) in [6.45, 7) is 0. The molecule has 0 saturated carbocycles. The Morgan fingerprint density at radius 2 is 1.60 bits per heavy atom. The van der Waals surface area contributed by atoms with Gasteiger partial charge in [-0.05, 0) is 46.4 Å². The Kier molecular flexibility index (Phi) is 3.69. The van der Waals surface area contributed by atoms with Crippen molar-refractivity contribution in [3.63, 3.8) is 0 Å². The molecule has 2 aromatic carbocycles. The van der Waals surface area contributed by atoms with Gasteiger partial charge in [0.2, 0.25) is 5.43 Å². The number of benzene rings is 2. The van der Waals surface area contributed by atoms with Crippen LogP contribution in [-0.2, 0) is 0 Å². The number of hydrogen-bond donors (Lipinski definition) is 0. The maximum atomic E-state index is 12.3. The fourth-order valence-electron chi connectivity index (χ4n) is 1.98. The molecule has 20 heavy (non-hydrogen) atoms. The maximum Gasteiger partial charge on any atom is 0.206 e. The number of fused-ring (bicyclic) bond motifs is 1. The lowest BCUT2D eigenvalue weighted by molar-refractivity contribution is 0.586. The first-order valence-electron chi connectivity index (χ1n) is 6.20. The fourth-order valence-corrected chi connectivity index (χ4v) is 2.56. The fraction of sp³-hybridized carbons (Fsp3) is 0. The van der Waals surface area contributed by atoms with Crippen LogP contribution < -0.4 is 5.43 Å². The van der Waals surface area contributed by atoms with Crippen LogP contribution in [0.15, 0.2) is 63.8 Å². The summed E-state index contributed by atoms with van der Waals surface area (Å²) >= 11 is 2.04. The summed E-state index contributed by atoms with van der Waals surface area (Å²) in [5.74, 6) is 0.596. The topological polar surface area (TPSA) is 30.2 Å². The standard InChI is InChI=1S/C17H11IO2/c18-16-15(11-10-12-6-2-1-3-7-12)20-14-9-5-4-8-13(14)17(16)19/h1-11H/b11-10+. The van der Waals surface area contributed by atoms with Gasteiger partial charge in [0.25, 0.3) is 0 Å². The summed E-state index contributed by atoms with van der Waals surface area (Å²) in [7, 11) is 0. The van der Waals surface area contributed by atoms with Crippen LogP contribution in [0.3, 0.4) is 0 Å². The van der Waals surface area contributed by atoms with E-state index in [4.69, 9.17) is 4.42 Å². The van der Waals surface area contributed by atoms with Crippen molar-refractivity contribution < 1.29 is 4.42 Å². The van der Waals surface area contributed by atoms with Gasteiger partial charge in [0.05, 0.1) is 5.39 Å². The van der Waals surface area contributed by atoms with Crippen LogP contribution >= 0.6 is 22.6 Å². The monoisotopic (exact) mass is 374 g/mol. The molecule has 98 valence electrons. The maximum absolute atomic E-state index is 12.3. The van der Waals surface area contributed by atoms with Gasteiger partial charge < -0.3 is 4.42 Å². The van der Waals surface area contributed by atoms with E-state index in [1.54, 1.807) is 6.07 Å². The van der Waals surface area contributed by atoms with Crippen molar-refractivity contribution in [2.75, 3.05) is 0 Å². The Morgan fingerprint density at radius 3 is 2.40 bits per heavy atom. The van der Waals surface area contributed by atoms with E-state index in [2.05, 4.69) is 0 Å². The molecule has 1 heterocycles. The minimum Gasteiger partial charge on any atom is -0.455 e. The van der Waals surface area contributed by atoms with E-state index in [0.29, 0.717) is 20.3 Å². The molecule has 0 amide bonds. The molecular formula is C17H11IO2. The third-order valence-corrected chi connectivity index (χ3v) is 4.02. The minimum atomic E-state index is 0.0140. The van der Waals surface area contributed by atoms with Gasteiger partial charge in [0, 0.05) is 0 Å². The highest BCUT2D eigenvalue weighted by Gasteiger charge is 2.09. The molecule has 3 rings (SSSR count). The Bertz CT molecular complexity index is 832. The molecule has 0 saturated heterocycles. The lowest BCUT2D eigenvalue weighted by Gasteiger charge is -2.01. The SMILES string of the molecule is O=c1c(I)c(/C=C/c2ccccc2)oc2ccccc12. The molecule has 1 aromatic heterocycles. The van der Waals surface area contributed by atoms with Crippen LogP contribution in [0, 0.1) is 3.57 Å². The van der Waals surface area contributed by atoms with E-state index in [9.17, 15) is 4.79 Å². The zero-order valence-corrected chi connectivity index (χ0v) is 12.7. The van der Waals surface area contributed by atoms with Crippen LogP contribution in [0.4, 0.5) is 0 Å². The zero-order valence-electron chi connectivity index (χ0n) is 10.5. The number of hydrogen-bond acceptors (Lipinski definition) is 2. The third kappa shape index (κ3) is 2.54. The van der Waals surface area contributed by atoms with E-state index in [-0.39, 0.29) is 5.43 Å². The molecule has 3 aromatic rings. The van der Waals surface area contributed by atoms with Crippen LogP contribution in [0.2, 0.25) is 0 Å². The molecule has 2 nitrogen and oxygen atoms in total. The van der Waals surface area contributed by atoms with Gasteiger partial charge in [-0.1, -0.05) is 48.5 Å². The van der Waals surface area contributed by atoms with Gasteiger partial charge in [-0.25, -0.2) is 0 Å². The lowest BCUT2D eigenvalue weighted by atomic mass is 10.2. The Labute approximate surface area is 129 Å². The first kappa shape index (κ1) is 13.1. The summed E-state index contributed by atoms with van der Waals surface area (Å²) in [5, 5.41) is 0.619. The predicted molar refractivity (Wildman–Crippen MR) is 90.6 cm³/mol. The van der Waals surface area contributed by atoms with Crippen molar-refractivity contribution in [2.45, 2.75) is 0 Å². The summed E-state index contributed by atoms with van der Waals surface area (Å²) in [4.78, 5) is 12.3. The van der Waals surface area contributed by atoms with Crippen LogP contribution in [-0.4, -0.2) is 0 Å². The van der Waals surface area contributed by atoms with Crippen molar-refractivity contribution in [3.05, 3.63) is 79.7 Å². The molecule has 0 N–H and O–H groups in total. The number of para-hydroxylation sites is 1. The Hall–Kier alpha value is -1.88. The van der Waals surface area contributed by atoms with Gasteiger partial charge in [0.15, 0.2) is 0 Å². The molecular weight excluding hydrogens is 363 g/mol. The van der Waals surface area contributed by atoms with Crippen LogP contribution in [0.1, 0.15) is 11.3 Å². The first-order valence-corrected chi connectivity index (χ1v) is 7.28. The largest absolute Gasteiger partial charge is 0.455 e. The molecule has 0 bridgehead atoms. The van der Waals surface area contributed by atoms with Crippen LogP contribution in [0.25, 0.3) is 23.1 Å². The molecule has 0 unspecified atom stereocenters. The van der Waals surface area contributed by atoms with Crippen molar-refractivity contribution in [3.8, 4) is 0 Å². The Balaban J connectivity index is 2.11. The molecule has 0 spiro atoms. The van der Waals surface area contributed by atoms with E-state index in [1.165, 1.54) is 0 Å². The minimum absolute atomic E-state index is 0.0140. The average Bonchev–Trinajstić information content (AvgIpc) is 2.50. The molecule has 0 aliphatic rings. The molecule has 0 aliphatic heterocycles. The summed E-state index contributed by atoms with van der Waals surface area (Å²) in [6, 6.07) is 17.2. The predicted octanol–water partition coefficient (Wildman–Crippen LogP) is 4.57. The quantitative estimate of drug-likeness (QED) is 0.616. The summed E-state index contributed by atoms with van der Waals surface area (Å²) in [6.07, 6.45) is 3.78. The van der Waals surface area contributed by atoms with Gasteiger partial charge in [-0.2, -0.15) is 0 Å². The number of rotatable bonds is 2. The zero-order chi connectivity index (χ0) is 13.9. The van der Waals surface area contributed by atoms with E-state index >= 15 is 0 Å². The van der Waals surface area contributed by atoms with Crippen LogP contribution in [0.5, 0.6) is 0 Å². The van der Waals surface area contributed by atoms with Gasteiger partial charge in [0.1, 0.15) is 14.9 Å². The van der Waals surface area contributed by atoms with Crippen molar-refractivity contribution >= 4 is 45.7 Å². The second kappa shape index (κ2) is 5.63. The third-order valence-electron chi connectivity index (χ3n) is 2.99.